The van der Waals surface area contributed by atoms with Crippen molar-refractivity contribution in [3.8, 4) is 0 Å². The summed E-state index contributed by atoms with van der Waals surface area (Å²) in [6.07, 6.45) is 1.98. The Morgan fingerprint density at radius 3 is 2.32 bits per heavy atom. The van der Waals surface area contributed by atoms with Crippen LogP contribution in [-0.4, -0.2) is 40.0 Å². The molecule has 1 amide bonds. The topological polar surface area (TPSA) is 70.5 Å². The average Bonchev–Trinajstić information content (AvgIpc) is 2.46. The number of aromatic carboxylic acids is 1. The van der Waals surface area contributed by atoms with E-state index in [9.17, 15) is 9.59 Å². The van der Waals surface area contributed by atoms with Gasteiger partial charge in [-0.15, -0.1) is 0 Å². The third kappa shape index (κ3) is 3.13. The van der Waals surface area contributed by atoms with E-state index in [4.69, 9.17) is 5.11 Å². The molecule has 2 rings (SSSR count). The molecule has 0 aliphatic carbocycles. The first-order chi connectivity index (χ1) is 10.2. The van der Waals surface area contributed by atoms with Gasteiger partial charge in [-0.3, -0.25) is 4.79 Å². The van der Waals surface area contributed by atoms with Crippen molar-refractivity contribution in [3.05, 3.63) is 29.1 Å². The van der Waals surface area contributed by atoms with Gasteiger partial charge in [-0.05, 0) is 43.2 Å². The Morgan fingerprint density at radius 1 is 1.27 bits per heavy atom. The lowest BCUT2D eigenvalue weighted by molar-refractivity contribution is 0.0501. The Hall–Kier alpha value is -1.91. The summed E-state index contributed by atoms with van der Waals surface area (Å²) in [5, 5.41) is 9.02. The number of pyridine rings is 1. The van der Waals surface area contributed by atoms with E-state index in [1.165, 1.54) is 12.1 Å². The molecule has 0 spiro atoms. The van der Waals surface area contributed by atoms with Crippen molar-refractivity contribution in [2.45, 2.75) is 40.5 Å². The van der Waals surface area contributed by atoms with Gasteiger partial charge < -0.3 is 10.0 Å². The number of hydrogen-bond acceptors (Lipinski definition) is 3. The molecule has 1 saturated heterocycles. The van der Waals surface area contributed by atoms with E-state index in [1.54, 1.807) is 6.92 Å². The molecule has 120 valence electrons. The first kappa shape index (κ1) is 16.5. The number of aryl methyl sites for hydroxylation is 1. The predicted octanol–water partition coefficient (Wildman–Crippen LogP) is 2.99. The van der Waals surface area contributed by atoms with Crippen LogP contribution in [0.2, 0.25) is 0 Å². The number of carboxylic acid groups (broad SMARTS) is 1. The highest BCUT2D eigenvalue weighted by atomic mass is 16.4. The summed E-state index contributed by atoms with van der Waals surface area (Å²) in [7, 11) is 0. The van der Waals surface area contributed by atoms with Crippen LogP contribution >= 0.6 is 0 Å². The smallest absolute Gasteiger partial charge is 0.337 e. The number of hydrogen-bond donors (Lipinski definition) is 1. The van der Waals surface area contributed by atoms with Crippen molar-refractivity contribution in [2.24, 2.45) is 11.3 Å². The van der Waals surface area contributed by atoms with Gasteiger partial charge in [-0.25, -0.2) is 9.78 Å². The van der Waals surface area contributed by atoms with Crippen molar-refractivity contribution >= 4 is 11.9 Å². The monoisotopic (exact) mass is 304 g/mol. The summed E-state index contributed by atoms with van der Waals surface area (Å²) in [5.74, 6) is -0.527. The molecule has 0 atom stereocenters. The van der Waals surface area contributed by atoms with E-state index >= 15 is 0 Å². The summed E-state index contributed by atoms with van der Waals surface area (Å²) in [6.45, 7) is 9.82. The van der Waals surface area contributed by atoms with E-state index < -0.39 is 5.97 Å². The summed E-state index contributed by atoms with van der Waals surface area (Å²) in [4.78, 5) is 29.5. The number of rotatable bonds is 3. The van der Waals surface area contributed by atoms with Crippen LogP contribution in [0.15, 0.2) is 12.1 Å². The normalized spacial score (nSPS) is 17.6. The zero-order valence-corrected chi connectivity index (χ0v) is 13.7. The SMILES string of the molecule is Cc1nc(C(=O)N2CCC(C)(C(C)C)CC2)ccc1C(=O)O. The Labute approximate surface area is 131 Å². The standard InChI is InChI=1S/C17H24N2O3/c1-11(2)17(4)7-9-19(10-8-17)15(20)14-6-5-13(16(21)22)12(3)18-14/h5-6,11H,7-10H2,1-4H3,(H,21,22). The van der Waals surface area contributed by atoms with Crippen LogP contribution in [0.3, 0.4) is 0 Å². The zero-order valence-electron chi connectivity index (χ0n) is 13.7. The molecule has 0 unspecified atom stereocenters. The maximum atomic E-state index is 12.5. The lowest BCUT2D eigenvalue weighted by atomic mass is 9.72. The Kier molecular flexibility index (Phi) is 4.54. The predicted molar refractivity (Wildman–Crippen MR) is 84.0 cm³/mol. The maximum absolute atomic E-state index is 12.5. The van der Waals surface area contributed by atoms with Gasteiger partial charge in [-0.2, -0.15) is 0 Å². The third-order valence-electron chi connectivity index (χ3n) is 5.12. The van der Waals surface area contributed by atoms with Crippen molar-refractivity contribution in [2.75, 3.05) is 13.1 Å². The highest BCUT2D eigenvalue weighted by Crippen LogP contribution is 2.38. The van der Waals surface area contributed by atoms with Crippen LogP contribution in [0.1, 0.15) is 60.2 Å². The lowest BCUT2D eigenvalue weighted by Gasteiger charge is -2.42. The molecule has 1 N–H and O–H groups in total. The van der Waals surface area contributed by atoms with E-state index in [0.29, 0.717) is 17.3 Å². The van der Waals surface area contributed by atoms with Crippen molar-refractivity contribution in [1.82, 2.24) is 9.88 Å². The first-order valence-corrected chi connectivity index (χ1v) is 7.75. The molecule has 5 heteroatoms. The van der Waals surface area contributed by atoms with Gasteiger partial charge in [0.15, 0.2) is 0 Å². The van der Waals surface area contributed by atoms with E-state index in [1.807, 2.05) is 4.90 Å². The fourth-order valence-corrected chi connectivity index (χ4v) is 2.87. The number of carbonyl (C=O) groups is 2. The average molecular weight is 304 g/mol. The molecule has 22 heavy (non-hydrogen) atoms. The first-order valence-electron chi connectivity index (χ1n) is 7.75. The molecule has 5 nitrogen and oxygen atoms in total. The quantitative estimate of drug-likeness (QED) is 0.932. The van der Waals surface area contributed by atoms with Crippen molar-refractivity contribution in [3.63, 3.8) is 0 Å². The van der Waals surface area contributed by atoms with Crippen LogP contribution in [0, 0.1) is 18.3 Å². The van der Waals surface area contributed by atoms with E-state index in [-0.39, 0.29) is 16.9 Å². The van der Waals surface area contributed by atoms with Gasteiger partial charge in [0.2, 0.25) is 0 Å². The van der Waals surface area contributed by atoms with Crippen LogP contribution in [0.25, 0.3) is 0 Å². The van der Waals surface area contributed by atoms with Crippen molar-refractivity contribution < 1.29 is 14.7 Å². The summed E-state index contributed by atoms with van der Waals surface area (Å²) >= 11 is 0. The van der Waals surface area contributed by atoms with E-state index in [0.717, 1.165) is 25.9 Å². The Balaban J connectivity index is 2.10. The Morgan fingerprint density at radius 2 is 1.86 bits per heavy atom. The summed E-state index contributed by atoms with van der Waals surface area (Å²) < 4.78 is 0. The van der Waals surface area contributed by atoms with Gasteiger partial charge in [-0.1, -0.05) is 20.8 Å². The molecular formula is C17H24N2O3. The number of carboxylic acids is 1. The van der Waals surface area contributed by atoms with Gasteiger partial charge in [0.1, 0.15) is 5.69 Å². The van der Waals surface area contributed by atoms with Gasteiger partial charge >= 0.3 is 5.97 Å². The minimum absolute atomic E-state index is 0.106. The van der Waals surface area contributed by atoms with Crippen LogP contribution in [-0.2, 0) is 0 Å². The molecule has 2 heterocycles. The van der Waals surface area contributed by atoms with Crippen LogP contribution in [0.5, 0.6) is 0 Å². The fourth-order valence-electron chi connectivity index (χ4n) is 2.87. The molecule has 1 aromatic rings. The third-order valence-corrected chi connectivity index (χ3v) is 5.12. The van der Waals surface area contributed by atoms with Gasteiger partial charge in [0.25, 0.3) is 5.91 Å². The fraction of sp³-hybridized carbons (Fsp3) is 0.588. The highest BCUT2D eigenvalue weighted by Gasteiger charge is 2.34. The highest BCUT2D eigenvalue weighted by molar-refractivity contribution is 5.94. The minimum Gasteiger partial charge on any atom is -0.478 e. The Bertz CT molecular complexity index is 588. The molecule has 0 radical (unpaired) electrons. The molecule has 0 aromatic carbocycles. The summed E-state index contributed by atoms with van der Waals surface area (Å²) in [6, 6.07) is 2.97. The minimum atomic E-state index is -1.02. The largest absolute Gasteiger partial charge is 0.478 e. The molecule has 1 aliphatic heterocycles. The number of aromatic nitrogens is 1. The number of carbonyl (C=O) groups excluding carboxylic acids is 1. The molecule has 0 saturated carbocycles. The van der Waals surface area contributed by atoms with Gasteiger partial charge in [0.05, 0.1) is 11.3 Å². The second kappa shape index (κ2) is 6.07. The molecular weight excluding hydrogens is 280 g/mol. The van der Waals surface area contributed by atoms with Crippen LogP contribution in [0.4, 0.5) is 0 Å². The molecule has 1 aliphatic rings. The maximum Gasteiger partial charge on any atom is 0.337 e. The summed E-state index contributed by atoms with van der Waals surface area (Å²) in [5.41, 5.74) is 1.13. The van der Waals surface area contributed by atoms with Crippen LogP contribution < -0.4 is 0 Å². The van der Waals surface area contributed by atoms with Gasteiger partial charge in [0, 0.05) is 13.1 Å². The molecule has 0 bridgehead atoms. The number of piperidine rings is 1. The van der Waals surface area contributed by atoms with Crippen molar-refractivity contribution in [1.29, 1.82) is 0 Å². The number of nitrogens with zero attached hydrogens (tertiary/aromatic N) is 2. The molecule has 1 aromatic heterocycles. The van der Waals surface area contributed by atoms with E-state index in [2.05, 4.69) is 25.8 Å². The second-order valence-electron chi connectivity index (χ2n) is 6.74. The zero-order chi connectivity index (χ0) is 16.5. The number of amides is 1. The lowest BCUT2D eigenvalue weighted by Crippen LogP contribution is -2.44. The number of likely N-dealkylation sites (tertiary alicyclic amines) is 1. The molecule has 1 fully saturated rings. The second-order valence-corrected chi connectivity index (χ2v) is 6.74.